The number of halogens is 1. The van der Waals surface area contributed by atoms with E-state index in [-0.39, 0.29) is 11.8 Å². The van der Waals surface area contributed by atoms with E-state index in [0.29, 0.717) is 24.2 Å². The highest BCUT2D eigenvalue weighted by Crippen LogP contribution is 2.52. The Kier molecular flexibility index (Phi) is 2.58. The molecule has 0 bridgehead atoms. The molecule has 0 aliphatic heterocycles. The summed E-state index contributed by atoms with van der Waals surface area (Å²) in [7, 11) is 2.85. The van der Waals surface area contributed by atoms with Crippen LogP contribution in [0.5, 0.6) is 5.75 Å². The summed E-state index contributed by atoms with van der Waals surface area (Å²) in [5, 5.41) is 0. The van der Waals surface area contributed by atoms with E-state index in [4.69, 9.17) is 9.47 Å². The fourth-order valence-corrected chi connectivity index (χ4v) is 1.96. The molecule has 1 aromatic rings. The van der Waals surface area contributed by atoms with E-state index in [2.05, 4.69) is 0 Å². The minimum Gasteiger partial charge on any atom is -0.496 e. The van der Waals surface area contributed by atoms with Gasteiger partial charge in [-0.25, -0.2) is 4.39 Å². The number of carbonyl (C=O) groups excluding carboxylic acids is 1. The fraction of sp³-hybridized carbons (Fsp3) is 0.417. The van der Waals surface area contributed by atoms with Gasteiger partial charge in [-0.1, -0.05) is 0 Å². The molecule has 1 fully saturated rings. The molecule has 16 heavy (non-hydrogen) atoms. The Morgan fingerprint density at radius 1 is 1.38 bits per heavy atom. The van der Waals surface area contributed by atoms with Crippen LogP contribution in [-0.4, -0.2) is 20.2 Å². The topological polar surface area (TPSA) is 35.5 Å². The molecule has 1 aromatic carbocycles. The molecule has 2 rings (SSSR count). The van der Waals surface area contributed by atoms with Crippen LogP contribution in [0.15, 0.2) is 18.2 Å². The van der Waals surface area contributed by atoms with Gasteiger partial charge in [-0.15, -0.1) is 0 Å². The lowest BCUT2D eigenvalue weighted by Gasteiger charge is -2.16. The SMILES string of the molecule is COC(=O)C1(c2cc(F)ccc2OC)CC1. The zero-order chi connectivity index (χ0) is 11.8. The van der Waals surface area contributed by atoms with Crippen LogP contribution in [-0.2, 0) is 14.9 Å². The Balaban J connectivity index is 2.47. The molecule has 0 heterocycles. The summed E-state index contributed by atoms with van der Waals surface area (Å²) in [5.41, 5.74) is -0.107. The van der Waals surface area contributed by atoms with Gasteiger partial charge in [0.2, 0.25) is 0 Å². The third-order valence-corrected chi connectivity index (χ3v) is 3.00. The second kappa shape index (κ2) is 3.77. The van der Waals surface area contributed by atoms with Gasteiger partial charge in [0.25, 0.3) is 0 Å². The molecule has 1 saturated carbocycles. The van der Waals surface area contributed by atoms with E-state index >= 15 is 0 Å². The minimum absolute atomic E-state index is 0.323. The second-order valence-electron chi connectivity index (χ2n) is 3.92. The summed E-state index contributed by atoms with van der Waals surface area (Å²) in [4.78, 5) is 11.7. The molecule has 1 aliphatic rings. The van der Waals surface area contributed by atoms with Crippen LogP contribution in [0, 0.1) is 5.82 Å². The Bertz CT molecular complexity index is 424. The lowest BCUT2D eigenvalue weighted by molar-refractivity contribution is -0.143. The molecule has 0 atom stereocenters. The number of rotatable bonds is 3. The highest BCUT2D eigenvalue weighted by Gasteiger charge is 2.54. The number of methoxy groups -OCH3 is 2. The van der Waals surface area contributed by atoms with Crippen molar-refractivity contribution < 1.29 is 18.7 Å². The molecule has 86 valence electrons. The monoisotopic (exact) mass is 224 g/mol. The average molecular weight is 224 g/mol. The van der Waals surface area contributed by atoms with E-state index in [1.165, 1.54) is 32.4 Å². The second-order valence-corrected chi connectivity index (χ2v) is 3.92. The van der Waals surface area contributed by atoms with E-state index in [1.54, 1.807) is 0 Å². The van der Waals surface area contributed by atoms with Crippen molar-refractivity contribution in [2.45, 2.75) is 18.3 Å². The molecular formula is C12H13FO3. The average Bonchev–Trinajstić information content (AvgIpc) is 3.09. The molecule has 1 aliphatic carbocycles. The van der Waals surface area contributed by atoms with Gasteiger partial charge in [0.15, 0.2) is 0 Å². The molecule has 3 nitrogen and oxygen atoms in total. The number of benzene rings is 1. The molecule has 0 amide bonds. The Hall–Kier alpha value is -1.58. The minimum atomic E-state index is -0.692. The first-order valence-electron chi connectivity index (χ1n) is 5.06. The first-order chi connectivity index (χ1) is 7.64. The summed E-state index contributed by atoms with van der Waals surface area (Å²) in [5.74, 6) is -0.160. The van der Waals surface area contributed by atoms with Crippen molar-refractivity contribution in [2.24, 2.45) is 0 Å². The molecular weight excluding hydrogens is 211 g/mol. The summed E-state index contributed by atoms with van der Waals surface area (Å²) >= 11 is 0. The van der Waals surface area contributed by atoms with Gasteiger partial charge in [-0.3, -0.25) is 4.79 Å². The van der Waals surface area contributed by atoms with Gasteiger partial charge in [-0.2, -0.15) is 0 Å². The molecule has 0 aromatic heterocycles. The van der Waals surface area contributed by atoms with E-state index in [1.807, 2.05) is 0 Å². The van der Waals surface area contributed by atoms with Gasteiger partial charge in [0, 0.05) is 5.56 Å². The van der Waals surface area contributed by atoms with Gasteiger partial charge >= 0.3 is 5.97 Å². The Morgan fingerprint density at radius 2 is 2.06 bits per heavy atom. The maximum Gasteiger partial charge on any atom is 0.316 e. The predicted octanol–water partition coefficient (Wildman–Crippen LogP) is 2.04. The van der Waals surface area contributed by atoms with Crippen LogP contribution in [0.2, 0.25) is 0 Å². The van der Waals surface area contributed by atoms with Gasteiger partial charge in [-0.05, 0) is 31.0 Å². The molecule has 0 N–H and O–H groups in total. The zero-order valence-electron chi connectivity index (χ0n) is 9.25. The third kappa shape index (κ3) is 1.54. The summed E-state index contributed by atoms with van der Waals surface area (Å²) in [6.45, 7) is 0. The van der Waals surface area contributed by atoms with E-state index in [0.717, 1.165) is 0 Å². The maximum absolute atomic E-state index is 13.2. The van der Waals surface area contributed by atoms with Crippen molar-refractivity contribution in [3.05, 3.63) is 29.6 Å². The maximum atomic E-state index is 13.2. The largest absolute Gasteiger partial charge is 0.496 e. The highest BCUT2D eigenvalue weighted by molar-refractivity contribution is 5.87. The first-order valence-corrected chi connectivity index (χ1v) is 5.06. The van der Waals surface area contributed by atoms with E-state index in [9.17, 15) is 9.18 Å². The van der Waals surface area contributed by atoms with Crippen LogP contribution in [0.25, 0.3) is 0 Å². The highest BCUT2D eigenvalue weighted by atomic mass is 19.1. The Morgan fingerprint density at radius 3 is 2.56 bits per heavy atom. The van der Waals surface area contributed by atoms with Crippen molar-refractivity contribution in [3.63, 3.8) is 0 Å². The van der Waals surface area contributed by atoms with Crippen molar-refractivity contribution in [1.82, 2.24) is 0 Å². The molecule has 0 unspecified atom stereocenters. The lowest BCUT2D eigenvalue weighted by atomic mass is 9.95. The molecule has 4 heteroatoms. The smallest absolute Gasteiger partial charge is 0.316 e. The van der Waals surface area contributed by atoms with Gasteiger partial charge < -0.3 is 9.47 Å². The van der Waals surface area contributed by atoms with Crippen LogP contribution in [0.3, 0.4) is 0 Å². The zero-order valence-corrected chi connectivity index (χ0v) is 9.25. The number of hydrogen-bond donors (Lipinski definition) is 0. The molecule has 0 spiro atoms. The summed E-state index contributed by atoms with van der Waals surface area (Å²) < 4.78 is 23.1. The standard InChI is InChI=1S/C12H13FO3/c1-15-10-4-3-8(13)7-9(10)12(5-6-12)11(14)16-2/h3-4,7H,5-6H2,1-2H3. The van der Waals surface area contributed by atoms with Crippen LogP contribution >= 0.6 is 0 Å². The molecule has 0 saturated heterocycles. The van der Waals surface area contributed by atoms with Crippen molar-refractivity contribution in [3.8, 4) is 5.75 Å². The third-order valence-electron chi connectivity index (χ3n) is 3.00. The van der Waals surface area contributed by atoms with Crippen molar-refractivity contribution >= 4 is 5.97 Å². The van der Waals surface area contributed by atoms with Crippen LogP contribution in [0.4, 0.5) is 4.39 Å². The number of hydrogen-bond acceptors (Lipinski definition) is 3. The molecule has 0 radical (unpaired) electrons. The lowest BCUT2D eigenvalue weighted by Crippen LogP contribution is -2.22. The normalized spacial score (nSPS) is 16.7. The van der Waals surface area contributed by atoms with Gasteiger partial charge in [0.1, 0.15) is 11.6 Å². The van der Waals surface area contributed by atoms with Crippen molar-refractivity contribution in [1.29, 1.82) is 0 Å². The van der Waals surface area contributed by atoms with Crippen LogP contribution < -0.4 is 4.74 Å². The van der Waals surface area contributed by atoms with Crippen molar-refractivity contribution in [2.75, 3.05) is 14.2 Å². The predicted molar refractivity (Wildman–Crippen MR) is 55.9 cm³/mol. The number of ether oxygens (including phenoxy) is 2. The van der Waals surface area contributed by atoms with Gasteiger partial charge in [0.05, 0.1) is 19.6 Å². The summed E-state index contributed by atoms with van der Waals surface area (Å²) in [6, 6.07) is 4.20. The van der Waals surface area contributed by atoms with Crippen LogP contribution in [0.1, 0.15) is 18.4 Å². The summed E-state index contributed by atoms with van der Waals surface area (Å²) in [6.07, 6.45) is 1.36. The number of carbonyl (C=O) groups is 1. The van der Waals surface area contributed by atoms with E-state index < -0.39 is 5.41 Å². The number of esters is 1. The quantitative estimate of drug-likeness (QED) is 0.737. The fourth-order valence-electron chi connectivity index (χ4n) is 1.96. The first kappa shape index (κ1) is 10.9. The Labute approximate surface area is 93.2 Å².